The van der Waals surface area contributed by atoms with Crippen molar-refractivity contribution in [3.8, 4) is 0 Å². The van der Waals surface area contributed by atoms with Gasteiger partial charge < -0.3 is 14.5 Å². The van der Waals surface area contributed by atoms with Crippen molar-refractivity contribution in [2.24, 2.45) is 0 Å². The molecule has 0 radical (unpaired) electrons. The summed E-state index contributed by atoms with van der Waals surface area (Å²) < 4.78 is 5.98. The van der Waals surface area contributed by atoms with E-state index in [0.29, 0.717) is 29.8 Å². The largest absolute Gasteiger partial charge is 0.444 e. The van der Waals surface area contributed by atoms with Gasteiger partial charge in [-0.2, -0.15) is 0 Å². The average molecular weight is 401 g/mol. The van der Waals surface area contributed by atoms with Crippen LogP contribution in [0.4, 0.5) is 16.2 Å². The zero-order chi connectivity index (χ0) is 18.1. The molecule has 132 valence electrons. The molecule has 0 spiro atoms. The highest BCUT2D eigenvalue weighted by Crippen LogP contribution is 2.35. The van der Waals surface area contributed by atoms with Crippen molar-refractivity contribution in [2.45, 2.75) is 39.3 Å². The van der Waals surface area contributed by atoms with E-state index in [2.05, 4.69) is 20.9 Å². The summed E-state index contributed by atoms with van der Waals surface area (Å²) in [5, 5.41) is 11.3. The van der Waals surface area contributed by atoms with E-state index in [1.807, 2.05) is 32.6 Å². The van der Waals surface area contributed by atoms with Gasteiger partial charge in [-0.3, -0.25) is 15.1 Å². The number of anilines is 1. The van der Waals surface area contributed by atoms with Gasteiger partial charge >= 0.3 is 11.8 Å². The summed E-state index contributed by atoms with van der Waals surface area (Å²) in [6, 6.07) is -0.131. The van der Waals surface area contributed by atoms with Gasteiger partial charge in [0.25, 0.3) is 0 Å². The number of piperazine rings is 1. The van der Waals surface area contributed by atoms with E-state index in [9.17, 15) is 14.9 Å². The lowest BCUT2D eigenvalue weighted by Gasteiger charge is -2.41. The molecule has 0 saturated carbocycles. The molecule has 9 heteroatoms. The minimum atomic E-state index is -0.555. The molecule has 1 amide bonds. The van der Waals surface area contributed by atoms with Crippen LogP contribution < -0.4 is 4.90 Å². The van der Waals surface area contributed by atoms with Gasteiger partial charge in [0, 0.05) is 31.9 Å². The summed E-state index contributed by atoms with van der Waals surface area (Å²) in [6.07, 6.45) is 2.41. The quantitative estimate of drug-likeness (QED) is 0.559. The van der Waals surface area contributed by atoms with Gasteiger partial charge in [0.2, 0.25) is 0 Å². The zero-order valence-corrected chi connectivity index (χ0v) is 15.7. The molecule has 1 aromatic rings. The first-order valence-electron chi connectivity index (χ1n) is 7.62. The Labute approximate surface area is 149 Å². The first kappa shape index (κ1) is 18.4. The summed E-state index contributed by atoms with van der Waals surface area (Å²) in [6.45, 7) is 8.75. The third kappa shape index (κ3) is 4.14. The van der Waals surface area contributed by atoms with Crippen molar-refractivity contribution in [2.75, 3.05) is 24.5 Å². The van der Waals surface area contributed by atoms with Gasteiger partial charge in [-0.05, 0) is 43.6 Å². The van der Waals surface area contributed by atoms with Crippen LogP contribution in [-0.4, -0.2) is 52.2 Å². The lowest BCUT2D eigenvalue weighted by atomic mass is 10.1. The van der Waals surface area contributed by atoms with Crippen LogP contribution in [0, 0.1) is 10.1 Å². The molecule has 1 aromatic heterocycles. The number of carbonyl (C=O) groups is 1. The molecule has 0 N–H and O–H groups in total. The van der Waals surface area contributed by atoms with Crippen LogP contribution in [0.5, 0.6) is 0 Å². The SMILES string of the molecule is CC1CN(c2c(Br)cncc2[N+](=O)[O-])CCN1C(=O)OC(C)(C)C. The second-order valence-corrected chi connectivity index (χ2v) is 7.57. The predicted molar refractivity (Wildman–Crippen MR) is 93.2 cm³/mol. The van der Waals surface area contributed by atoms with Gasteiger partial charge in [0.15, 0.2) is 0 Å². The highest BCUT2D eigenvalue weighted by atomic mass is 79.9. The zero-order valence-electron chi connectivity index (χ0n) is 14.2. The molecular weight excluding hydrogens is 380 g/mol. The molecule has 0 bridgehead atoms. The van der Waals surface area contributed by atoms with Gasteiger partial charge in [0.1, 0.15) is 17.5 Å². The lowest BCUT2D eigenvalue weighted by Crippen LogP contribution is -2.55. The Hall–Kier alpha value is -1.90. The number of hydrogen-bond acceptors (Lipinski definition) is 6. The summed E-state index contributed by atoms with van der Waals surface area (Å²) in [5.41, 5.74) is -0.117. The van der Waals surface area contributed by atoms with Crippen molar-refractivity contribution < 1.29 is 14.5 Å². The molecule has 2 heterocycles. The van der Waals surface area contributed by atoms with Gasteiger partial charge in [0.05, 0.1) is 9.40 Å². The maximum Gasteiger partial charge on any atom is 0.410 e. The number of pyridine rings is 1. The number of amides is 1. The Morgan fingerprint density at radius 2 is 2.08 bits per heavy atom. The number of nitrogens with zero attached hydrogens (tertiary/aromatic N) is 4. The van der Waals surface area contributed by atoms with Crippen molar-refractivity contribution in [1.82, 2.24) is 9.88 Å². The predicted octanol–water partition coefficient (Wildman–Crippen LogP) is 3.20. The Morgan fingerprint density at radius 3 is 2.62 bits per heavy atom. The Balaban J connectivity index is 2.17. The molecule has 1 atom stereocenters. The van der Waals surface area contributed by atoms with E-state index in [-0.39, 0.29) is 17.8 Å². The summed E-state index contributed by atoms with van der Waals surface area (Å²) in [7, 11) is 0. The third-order valence-electron chi connectivity index (χ3n) is 3.62. The van der Waals surface area contributed by atoms with Crippen molar-refractivity contribution >= 4 is 33.4 Å². The molecule has 1 saturated heterocycles. The van der Waals surface area contributed by atoms with Gasteiger partial charge in [-0.15, -0.1) is 0 Å². The highest BCUT2D eigenvalue weighted by Gasteiger charge is 2.33. The second-order valence-electron chi connectivity index (χ2n) is 6.71. The van der Waals surface area contributed by atoms with Crippen molar-refractivity contribution in [3.63, 3.8) is 0 Å². The average Bonchev–Trinajstić information content (AvgIpc) is 2.44. The van der Waals surface area contributed by atoms with Crippen LogP contribution in [0.15, 0.2) is 16.9 Å². The number of carbonyl (C=O) groups excluding carboxylic acids is 1. The summed E-state index contributed by atoms with van der Waals surface area (Å²) in [4.78, 5) is 30.5. The molecule has 24 heavy (non-hydrogen) atoms. The summed E-state index contributed by atoms with van der Waals surface area (Å²) in [5.74, 6) is 0. The number of nitro groups is 1. The fourth-order valence-electron chi connectivity index (χ4n) is 2.62. The highest BCUT2D eigenvalue weighted by molar-refractivity contribution is 9.10. The Bertz CT molecular complexity index is 647. The smallest absolute Gasteiger partial charge is 0.410 e. The third-order valence-corrected chi connectivity index (χ3v) is 4.20. The number of hydrogen-bond donors (Lipinski definition) is 0. The topological polar surface area (TPSA) is 88.8 Å². The standard InChI is InChI=1S/C15H21BrN4O4/c1-10-9-18(5-6-19(10)14(21)24-15(2,3)4)13-11(16)7-17-8-12(13)20(22)23/h7-8,10H,5-6,9H2,1-4H3. The van der Waals surface area contributed by atoms with E-state index in [0.717, 1.165) is 0 Å². The fourth-order valence-corrected chi connectivity index (χ4v) is 3.19. The van der Waals surface area contributed by atoms with Gasteiger partial charge in [-0.1, -0.05) is 0 Å². The Kier molecular flexibility index (Phi) is 5.32. The van der Waals surface area contributed by atoms with Gasteiger partial charge in [-0.25, -0.2) is 4.79 Å². The monoisotopic (exact) mass is 400 g/mol. The number of rotatable bonds is 2. The van der Waals surface area contributed by atoms with Crippen molar-refractivity contribution in [3.05, 3.63) is 27.0 Å². The lowest BCUT2D eigenvalue weighted by molar-refractivity contribution is -0.384. The normalized spacial score (nSPS) is 18.5. The second kappa shape index (κ2) is 6.92. The molecule has 2 rings (SSSR count). The molecular formula is C15H21BrN4O4. The maximum atomic E-state index is 12.3. The molecule has 0 aromatic carbocycles. The molecule has 8 nitrogen and oxygen atoms in total. The van der Waals surface area contributed by atoms with Crippen LogP contribution in [0.1, 0.15) is 27.7 Å². The molecule has 1 unspecified atom stereocenters. The van der Waals surface area contributed by atoms with Crippen LogP contribution in [0.25, 0.3) is 0 Å². The van der Waals surface area contributed by atoms with Crippen LogP contribution in [0.2, 0.25) is 0 Å². The fraction of sp³-hybridized carbons (Fsp3) is 0.600. The number of halogens is 1. The Morgan fingerprint density at radius 1 is 1.42 bits per heavy atom. The molecule has 1 fully saturated rings. The van der Waals surface area contributed by atoms with E-state index in [1.54, 1.807) is 4.90 Å². The van der Waals surface area contributed by atoms with E-state index >= 15 is 0 Å². The minimum absolute atomic E-state index is 0.0534. The van der Waals surface area contributed by atoms with E-state index < -0.39 is 10.5 Å². The van der Waals surface area contributed by atoms with Crippen molar-refractivity contribution in [1.29, 1.82) is 0 Å². The maximum absolute atomic E-state index is 12.3. The van der Waals surface area contributed by atoms with E-state index in [4.69, 9.17) is 4.74 Å². The molecule has 1 aliphatic rings. The molecule has 0 aliphatic carbocycles. The first-order valence-corrected chi connectivity index (χ1v) is 8.42. The van der Waals surface area contributed by atoms with Crippen LogP contribution >= 0.6 is 15.9 Å². The number of aromatic nitrogens is 1. The van der Waals surface area contributed by atoms with E-state index in [1.165, 1.54) is 12.4 Å². The minimum Gasteiger partial charge on any atom is -0.444 e. The van der Waals surface area contributed by atoms with Crippen LogP contribution in [0.3, 0.4) is 0 Å². The van der Waals surface area contributed by atoms with Crippen LogP contribution in [-0.2, 0) is 4.74 Å². The molecule has 1 aliphatic heterocycles. The summed E-state index contributed by atoms with van der Waals surface area (Å²) >= 11 is 3.34. The number of ether oxygens (including phenoxy) is 1. The first-order chi connectivity index (χ1) is 11.1.